The summed E-state index contributed by atoms with van der Waals surface area (Å²) in [6, 6.07) is 9.76. The Morgan fingerprint density at radius 2 is 1.96 bits per heavy atom. The van der Waals surface area contributed by atoms with E-state index in [0.29, 0.717) is 33.5 Å². The number of hydrogen-bond acceptors (Lipinski definition) is 6. The molecule has 28 heavy (non-hydrogen) atoms. The predicted molar refractivity (Wildman–Crippen MR) is 102 cm³/mol. The third-order valence-corrected chi connectivity index (χ3v) is 4.40. The highest BCUT2D eigenvalue weighted by atomic mass is 35.5. The number of anilines is 1. The third-order valence-electron chi connectivity index (χ3n) is 4.10. The van der Waals surface area contributed by atoms with Gasteiger partial charge in [0.15, 0.2) is 11.5 Å². The third kappa shape index (κ3) is 4.65. The second-order valence-electron chi connectivity index (χ2n) is 5.98. The van der Waals surface area contributed by atoms with Crippen LogP contribution in [0, 0.1) is 0 Å². The molecule has 3 rings (SSSR count). The maximum atomic E-state index is 12.0. The monoisotopic (exact) mass is 406 g/mol. The van der Waals surface area contributed by atoms with Crippen molar-refractivity contribution in [2.75, 3.05) is 25.8 Å². The van der Waals surface area contributed by atoms with E-state index in [9.17, 15) is 14.7 Å². The fourth-order valence-corrected chi connectivity index (χ4v) is 2.88. The van der Waals surface area contributed by atoms with Crippen molar-refractivity contribution in [2.45, 2.75) is 12.5 Å². The molecule has 0 spiro atoms. The summed E-state index contributed by atoms with van der Waals surface area (Å²) in [5.74, 6) is 0.00271. The molecule has 0 saturated carbocycles. The van der Waals surface area contributed by atoms with E-state index >= 15 is 0 Å². The van der Waals surface area contributed by atoms with E-state index in [-0.39, 0.29) is 19.8 Å². The molecule has 8 nitrogen and oxygen atoms in total. The van der Waals surface area contributed by atoms with Crippen LogP contribution >= 0.6 is 11.6 Å². The van der Waals surface area contributed by atoms with E-state index < -0.39 is 17.9 Å². The maximum Gasteiger partial charge on any atom is 0.313 e. The van der Waals surface area contributed by atoms with Crippen LogP contribution in [0.3, 0.4) is 0 Å². The quantitative estimate of drug-likeness (QED) is 0.635. The lowest BCUT2D eigenvalue weighted by atomic mass is 10.1. The zero-order valence-corrected chi connectivity index (χ0v) is 15.8. The Hall–Kier alpha value is -2.97. The molecule has 0 saturated heterocycles. The van der Waals surface area contributed by atoms with Crippen LogP contribution in [0.15, 0.2) is 36.4 Å². The minimum absolute atomic E-state index is 0.116. The second kappa shape index (κ2) is 8.81. The summed E-state index contributed by atoms with van der Waals surface area (Å²) in [6.07, 6.45) is -0.592. The van der Waals surface area contributed by atoms with Gasteiger partial charge in [-0.15, -0.1) is 0 Å². The number of carbonyl (C=O) groups is 2. The summed E-state index contributed by atoms with van der Waals surface area (Å²) >= 11 is 5.98. The Bertz CT molecular complexity index is 889. The van der Waals surface area contributed by atoms with Crippen molar-refractivity contribution in [3.05, 3.63) is 47.0 Å². The molecule has 0 unspecified atom stereocenters. The molecular formula is C19H19ClN2O6. The summed E-state index contributed by atoms with van der Waals surface area (Å²) in [4.78, 5) is 23.9. The van der Waals surface area contributed by atoms with Crippen LogP contribution in [-0.4, -0.2) is 37.4 Å². The van der Waals surface area contributed by atoms with Crippen molar-refractivity contribution in [3.63, 3.8) is 0 Å². The molecule has 1 aliphatic heterocycles. The van der Waals surface area contributed by atoms with Crippen LogP contribution in [0.2, 0.25) is 5.02 Å². The van der Waals surface area contributed by atoms with E-state index in [1.807, 2.05) is 0 Å². The van der Waals surface area contributed by atoms with Crippen molar-refractivity contribution < 1.29 is 28.9 Å². The molecule has 3 N–H and O–H groups in total. The Labute approximate surface area is 166 Å². The summed E-state index contributed by atoms with van der Waals surface area (Å²) in [7, 11) is 1.48. The van der Waals surface area contributed by atoms with Gasteiger partial charge in [0.2, 0.25) is 6.79 Å². The van der Waals surface area contributed by atoms with Crippen LogP contribution in [0.5, 0.6) is 17.2 Å². The van der Waals surface area contributed by atoms with Crippen LogP contribution in [0.4, 0.5) is 5.69 Å². The van der Waals surface area contributed by atoms with Gasteiger partial charge in [0.1, 0.15) is 5.75 Å². The van der Waals surface area contributed by atoms with Crippen molar-refractivity contribution in [1.29, 1.82) is 0 Å². The molecule has 0 bridgehead atoms. The highest BCUT2D eigenvalue weighted by Gasteiger charge is 2.18. The molecule has 1 aliphatic rings. The molecule has 0 radical (unpaired) electrons. The normalized spacial score (nSPS) is 13.0. The number of aliphatic hydroxyl groups excluding tert-OH is 1. The average molecular weight is 407 g/mol. The first-order valence-electron chi connectivity index (χ1n) is 8.48. The number of carbonyl (C=O) groups excluding carboxylic acids is 2. The molecule has 2 aromatic rings. The highest BCUT2D eigenvalue weighted by Crippen LogP contribution is 2.34. The topological polar surface area (TPSA) is 106 Å². The van der Waals surface area contributed by atoms with E-state index in [1.165, 1.54) is 13.2 Å². The van der Waals surface area contributed by atoms with Crippen molar-refractivity contribution in [3.8, 4) is 17.2 Å². The first-order valence-corrected chi connectivity index (χ1v) is 8.86. The molecule has 9 heteroatoms. The van der Waals surface area contributed by atoms with Gasteiger partial charge in [0.05, 0.1) is 18.2 Å². The molecule has 148 valence electrons. The fourth-order valence-electron chi connectivity index (χ4n) is 2.62. The summed E-state index contributed by atoms with van der Waals surface area (Å²) in [6.45, 7) is 0.269. The summed E-state index contributed by atoms with van der Waals surface area (Å²) in [5.41, 5.74) is 1.00. The van der Waals surface area contributed by atoms with Gasteiger partial charge in [0, 0.05) is 12.2 Å². The standard InChI is InChI=1S/C19H19ClN2O6/c1-26-15-5-3-12(9-13(15)20)22-19(25)18(24)21-7-6-14(23)11-2-4-16-17(8-11)28-10-27-16/h2-5,8-9,14,23H,6-7,10H2,1H3,(H,21,24)(H,22,25)/t14-/m1/s1. The number of methoxy groups -OCH3 is 1. The minimum Gasteiger partial charge on any atom is -0.495 e. The fraction of sp³-hybridized carbons (Fsp3) is 0.263. The second-order valence-corrected chi connectivity index (χ2v) is 6.38. The zero-order valence-electron chi connectivity index (χ0n) is 15.0. The number of amides is 2. The maximum absolute atomic E-state index is 12.0. The van der Waals surface area contributed by atoms with E-state index in [1.54, 1.807) is 30.3 Å². The Kier molecular flexibility index (Phi) is 6.23. The molecule has 1 atom stereocenters. The zero-order chi connectivity index (χ0) is 20.1. The van der Waals surface area contributed by atoms with Gasteiger partial charge in [-0.25, -0.2) is 0 Å². The van der Waals surface area contributed by atoms with Gasteiger partial charge in [-0.1, -0.05) is 17.7 Å². The lowest BCUT2D eigenvalue weighted by Crippen LogP contribution is -2.36. The first kappa shape index (κ1) is 19.8. The number of aliphatic hydroxyl groups is 1. The molecule has 2 aromatic carbocycles. The number of ether oxygens (including phenoxy) is 3. The van der Waals surface area contributed by atoms with Gasteiger partial charge in [-0.2, -0.15) is 0 Å². The van der Waals surface area contributed by atoms with Crippen LogP contribution in [0.25, 0.3) is 0 Å². The van der Waals surface area contributed by atoms with Crippen molar-refractivity contribution >= 4 is 29.1 Å². The highest BCUT2D eigenvalue weighted by molar-refractivity contribution is 6.40. The van der Waals surface area contributed by atoms with Gasteiger partial charge in [-0.05, 0) is 42.3 Å². The lowest BCUT2D eigenvalue weighted by molar-refractivity contribution is -0.136. The number of rotatable bonds is 6. The molecule has 0 aromatic heterocycles. The Balaban J connectivity index is 1.47. The molecule has 0 fully saturated rings. The van der Waals surface area contributed by atoms with E-state index in [0.717, 1.165) is 0 Å². The Morgan fingerprint density at radius 1 is 1.18 bits per heavy atom. The first-order chi connectivity index (χ1) is 13.5. The summed E-state index contributed by atoms with van der Waals surface area (Å²) < 4.78 is 15.5. The van der Waals surface area contributed by atoms with Crippen LogP contribution in [-0.2, 0) is 9.59 Å². The average Bonchev–Trinajstić information content (AvgIpc) is 3.15. The lowest BCUT2D eigenvalue weighted by Gasteiger charge is -2.12. The number of fused-ring (bicyclic) bond motifs is 1. The summed E-state index contributed by atoms with van der Waals surface area (Å²) in [5, 5.41) is 15.5. The van der Waals surface area contributed by atoms with Crippen molar-refractivity contribution in [1.82, 2.24) is 5.32 Å². The largest absolute Gasteiger partial charge is 0.495 e. The smallest absolute Gasteiger partial charge is 0.313 e. The molecular weight excluding hydrogens is 388 g/mol. The molecule has 2 amide bonds. The number of halogens is 1. The van der Waals surface area contributed by atoms with Gasteiger partial charge in [0.25, 0.3) is 0 Å². The van der Waals surface area contributed by atoms with Gasteiger partial charge >= 0.3 is 11.8 Å². The van der Waals surface area contributed by atoms with Crippen LogP contribution < -0.4 is 24.8 Å². The molecule has 1 heterocycles. The van der Waals surface area contributed by atoms with E-state index in [4.69, 9.17) is 25.8 Å². The SMILES string of the molecule is COc1ccc(NC(=O)C(=O)NCC[C@@H](O)c2ccc3c(c2)OCO3)cc1Cl. The predicted octanol–water partition coefficient (Wildman–Crippen LogP) is 2.26. The number of benzene rings is 2. The van der Waals surface area contributed by atoms with Gasteiger partial charge in [-0.3, -0.25) is 9.59 Å². The van der Waals surface area contributed by atoms with Gasteiger partial charge < -0.3 is 30.0 Å². The Morgan fingerprint density at radius 3 is 2.71 bits per heavy atom. The minimum atomic E-state index is -0.834. The number of hydrogen-bond donors (Lipinski definition) is 3. The van der Waals surface area contributed by atoms with E-state index in [2.05, 4.69) is 10.6 Å². The van der Waals surface area contributed by atoms with Crippen LogP contribution in [0.1, 0.15) is 18.1 Å². The van der Waals surface area contributed by atoms with Crippen molar-refractivity contribution in [2.24, 2.45) is 0 Å². The molecule has 0 aliphatic carbocycles. The number of nitrogens with one attached hydrogen (secondary N) is 2.